The lowest BCUT2D eigenvalue weighted by Crippen LogP contribution is -2.26. The molecule has 2 N–H and O–H groups in total. The fourth-order valence-electron chi connectivity index (χ4n) is 1.83. The number of aromatic nitrogens is 1. The molecule has 0 aliphatic rings. The second kappa shape index (κ2) is 6.14. The second-order valence-electron chi connectivity index (χ2n) is 5.80. The Morgan fingerprint density at radius 1 is 1.14 bits per heavy atom. The van der Waals surface area contributed by atoms with Crippen molar-refractivity contribution in [3.63, 3.8) is 0 Å². The van der Waals surface area contributed by atoms with Crippen LogP contribution in [0, 0.1) is 0 Å². The molecule has 0 saturated carbocycles. The van der Waals surface area contributed by atoms with Gasteiger partial charge in [0.1, 0.15) is 0 Å². The third-order valence-corrected chi connectivity index (χ3v) is 2.84. The summed E-state index contributed by atoms with van der Waals surface area (Å²) in [5, 5.41) is 6.66. The van der Waals surface area contributed by atoms with E-state index in [2.05, 4.69) is 15.6 Å². The number of carbonyl (C=O) groups is 1. The Morgan fingerprint density at radius 3 is 2.57 bits per heavy atom. The van der Waals surface area contributed by atoms with Gasteiger partial charge in [0, 0.05) is 28.6 Å². The average Bonchev–Trinajstić information content (AvgIpc) is 2.37. The van der Waals surface area contributed by atoms with Gasteiger partial charge in [0.05, 0.1) is 11.3 Å². The van der Waals surface area contributed by atoms with Crippen LogP contribution in [0.4, 0.5) is 11.4 Å². The number of nitrogens with zero attached hydrogens (tertiary/aromatic N) is 1. The lowest BCUT2D eigenvalue weighted by atomic mass is 10.1. The molecule has 1 aromatic carbocycles. The number of rotatable bonds is 3. The average molecular weight is 304 g/mol. The monoisotopic (exact) mass is 303 g/mol. The first-order valence-corrected chi connectivity index (χ1v) is 7.01. The highest BCUT2D eigenvalue weighted by Gasteiger charge is 2.12. The summed E-state index contributed by atoms with van der Waals surface area (Å²) in [6.45, 7) is 6.14. The number of pyridine rings is 1. The minimum Gasteiger partial charge on any atom is -0.379 e. The van der Waals surface area contributed by atoms with Crippen LogP contribution >= 0.6 is 11.6 Å². The lowest BCUT2D eigenvalue weighted by Gasteiger charge is -2.22. The van der Waals surface area contributed by atoms with Crippen molar-refractivity contribution in [1.29, 1.82) is 0 Å². The van der Waals surface area contributed by atoms with E-state index >= 15 is 0 Å². The molecule has 21 heavy (non-hydrogen) atoms. The summed E-state index contributed by atoms with van der Waals surface area (Å²) in [6, 6.07) is 8.80. The summed E-state index contributed by atoms with van der Waals surface area (Å²) in [7, 11) is 0. The Morgan fingerprint density at radius 2 is 1.90 bits per heavy atom. The quantitative estimate of drug-likeness (QED) is 0.893. The van der Waals surface area contributed by atoms with Gasteiger partial charge >= 0.3 is 0 Å². The first-order valence-electron chi connectivity index (χ1n) is 6.64. The van der Waals surface area contributed by atoms with Gasteiger partial charge in [0.25, 0.3) is 5.91 Å². The van der Waals surface area contributed by atoms with Crippen LogP contribution in [0.1, 0.15) is 31.1 Å². The molecule has 0 aliphatic heterocycles. The molecule has 0 fully saturated rings. The number of carbonyl (C=O) groups excluding carboxylic acids is 1. The molecule has 2 rings (SSSR count). The van der Waals surface area contributed by atoms with Gasteiger partial charge in [-0.25, -0.2) is 0 Å². The van der Waals surface area contributed by atoms with E-state index in [9.17, 15) is 4.79 Å². The van der Waals surface area contributed by atoms with E-state index in [-0.39, 0.29) is 11.4 Å². The molecule has 0 saturated heterocycles. The zero-order valence-corrected chi connectivity index (χ0v) is 13.0. The number of hydrogen-bond acceptors (Lipinski definition) is 3. The van der Waals surface area contributed by atoms with Crippen LogP contribution < -0.4 is 10.6 Å². The van der Waals surface area contributed by atoms with Crippen molar-refractivity contribution in [2.45, 2.75) is 26.3 Å². The van der Waals surface area contributed by atoms with Gasteiger partial charge in [0.15, 0.2) is 0 Å². The van der Waals surface area contributed by atoms with Gasteiger partial charge in [0.2, 0.25) is 0 Å². The van der Waals surface area contributed by atoms with Crippen molar-refractivity contribution in [2.75, 3.05) is 10.6 Å². The Balaban J connectivity index is 2.14. The second-order valence-corrected chi connectivity index (χ2v) is 6.24. The molecule has 1 aromatic heterocycles. The zero-order valence-electron chi connectivity index (χ0n) is 12.3. The van der Waals surface area contributed by atoms with Crippen molar-refractivity contribution >= 4 is 28.9 Å². The molecule has 1 amide bonds. The zero-order chi connectivity index (χ0) is 15.5. The fraction of sp³-hybridized carbons (Fsp3) is 0.250. The van der Waals surface area contributed by atoms with Gasteiger partial charge in [-0.05, 0) is 45.0 Å². The highest BCUT2D eigenvalue weighted by Crippen LogP contribution is 2.18. The topological polar surface area (TPSA) is 54.0 Å². The number of benzene rings is 1. The highest BCUT2D eigenvalue weighted by molar-refractivity contribution is 6.30. The first-order chi connectivity index (χ1) is 9.83. The van der Waals surface area contributed by atoms with Gasteiger partial charge < -0.3 is 10.6 Å². The molecule has 0 spiro atoms. The SMILES string of the molecule is CC(C)(C)Nc1cncc(C(=O)Nc2cccc(Cl)c2)c1. The third-order valence-electron chi connectivity index (χ3n) is 2.60. The van der Waals surface area contributed by atoms with Crippen LogP contribution in [0.5, 0.6) is 0 Å². The molecule has 0 unspecified atom stereocenters. The summed E-state index contributed by atoms with van der Waals surface area (Å²) in [6.07, 6.45) is 3.23. The highest BCUT2D eigenvalue weighted by atomic mass is 35.5. The molecule has 4 nitrogen and oxygen atoms in total. The standard InChI is InChI=1S/C16H18ClN3O/c1-16(2,3)20-14-7-11(9-18-10-14)15(21)19-13-6-4-5-12(17)8-13/h4-10,20H,1-3H3,(H,19,21). The maximum atomic E-state index is 12.2. The smallest absolute Gasteiger partial charge is 0.257 e. The summed E-state index contributed by atoms with van der Waals surface area (Å²) >= 11 is 5.90. The van der Waals surface area contributed by atoms with E-state index < -0.39 is 0 Å². The summed E-state index contributed by atoms with van der Waals surface area (Å²) in [5.41, 5.74) is 1.86. The number of nitrogens with one attached hydrogen (secondary N) is 2. The molecule has 2 aromatic rings. The molecule has 0 bridgehead atoms. The van der Waals surface area contributed by atoms with Crippen molar-refractivity contribution in [3.05, 3.63) is 53.3 Å². The van der Waals surface area contributed by atoms with Gasteiger partial charge in [-0.15, -0.1) is 0 Å². The van der Waals surface area contributed by atoms with Crippen molar-refractivity contribution < 1.29 is 4.79 Å². The predicted molar refractivity (Wildman–Crippen MR) is 87.0 cm³/mol. The third kappa shape index (κ3) is 4.76. The number of hydrogen-bond donors (Lipinski definition) is 2. The van der Waals surface area contributed by atoms with Crippen LogP contribution in [0.2, 0.25) is 5.02 Å². The Bertz CT molecular complexity index is 650. The van der Waals surface area contributed by atoms with E-state index in [1.807, 2.05) is 20.8 Å². The van der Waals surface area contributed by atoms with E-state index in [1.165, 1.54) is 6.20 Å². The number of anilines is 2. The normalized spacial score (nSPS) is 11.0. The van der Waals surface area contributed by atoms with Crippen LogP contribution in [0.25, 0.3) is 0 Å². The van der Waals surface area contributed by atoms with Gasteiger partial charge in [-0.2, -0.15) is 0 Å². The van der Waals surface area contributed by atoms with Crippen LogP contribution in [-0.2, 0) is 0 Å². The van der Waals surface area contributed by atoms with Crippen LogP contribution in [-0.4, -0.2) is 16.4 Å². The fourth-order valence-corrected chi connectivity index (χ4v) is 2.03. The molecular formula is C16H18ClN3O. The number of amides is 1. The van der Waals surface area contributed by atoms with Crippen molar-refractivity contribution in [1.82, 2.24) is 4.98 Å². The van der Waals surface area contributed by atoms with Crippen molar-refractivity contribution in [2.24, 2.45) is 0 Å². The molecule has 0 radical (unpaired) electrons. The minimum atomic E-state index is -0.220. The summed E-state index contributed by atoms with van der Waals surface area (Å²) < 4.78 is 0. The van der Waals surface area contributed by atoms with Gasteiger partial charge in [-0.1, -0.05) is 17.7 Å². The summed E-state index contributed by atoms with van der Waals surface area (Å²) in [5.74, 6) is -0.220. The largest absolute Gasteiger partial charge is 0.379 e. The minimum absolute atomic E-state index is 0.0935. The van der Waals surface area contributed by atoms with Gasteiger partial charge in [-0.3, -0.25) is 9.78 Å². The van der Waals surface area contributed by atoms with E-state index in [0.29, 0.717) is 16.3 Å². The van der Waals surface area contributed by atoms with Crippen LogP contribution in [0.15, 0.2) is 42.7 Å². The molecule has 0 aliphatic carbocycles. The predicted octanol–water partition coefficient (Wildman–Crippen LogP) is 4.20. The lowest BCUT2D eigenvalue weighted by molar-refractivity contribution is 0.102. The Hall–Kier alpha value is -2.07. The van der Waals surface area contributed by atoms with E-state index in [1.54, 1.807) is 36.5 Å². The maximum absolute atomic E-state index is 12.2. The summed E-state index contributed by atoms with van der Waals surface area (Å²) in [4.78, 5) is 16.3. The molecule has 5 heteroatoms. The molecule has 1 heterocycles. The molecule has 0 atom stereocenters. The van der Waals surface area contributed by atoms with Crippen LogP contribution in [0.3, 0.4) is 0 Å². The van der Waals surface area contributed by atoms with Crippen molar-refractivity contribution in [3.8, 4) is 0 Å². The van der Waals surface area contributed by atoms with E-state index in [4.69, 9.17) is 11.6 Å². The molecule has 110 valence electrons. The Kier molecular flexibility index (Phi) is 4.48. The first kappa shape index (κ1) is 15.3. The maximum Gasteiger partial charge on any atom is 0.257 e. The van der Waals surface area contributed by atoms with E-state index in [0.717, 1.165) is 5.69 Å². The Labute approximate surface area is 129 Å². The molecular weight excluding hydrogens is 286 g/mol. The number of halogens is 1.